The summed E-state index contributed by atoms with van der Waals surface area (Å²) >= 11 is 0. The van der Waals surface area contributed by atoms with Gasteiger partial charge < -0.3 is 5.11 Å². The summed E-state index contributed by atoms with van der Waals surface area (Å²) < 4.78 is 0. The molecule has 4 heteroatoms. The molecule has 0 aliphatic rings. The number of rotatable bonds is 3. The minimum absolute atomic E-state index is 0.225. The molecule has 0 amide bonds. The number of carbonyl (C=O) groups is 1. The van der Waals surface area contributed by atoms with Gasteiger partial charge in [-0.3, -0.25) is 5.10 Å². The Labute approximate surface area is 122 Å². The van der Waals surface area contributed by atoms with Crippen LogP contribution in [-0.4, -0.2) is 21.3 Å². The summed E-state index contributed by atoms with van der Waals surface area (Å²) in [6.45, 7) is 1.71. The van der Waals surface area contributed by atoms with E-state index in [9.17, 15) is 9.90 Å². The Bertz CT molecular complexity index is 774. The standard InChI is InChI=1S/C17H14N2O2/c1-11-15(17(20)21)16(19-18-11)14-9-7-13(8-10-14)12-5-3-2-4-6-12/h2-10H,1H3,(H,18,19)(H,20,21). The van der Waals surface area contributed by atoms with Crippen molar-refractivity contribution in [2.24, 2.45) is 0 Å². The molecule has 0 saturated heterocycles. The molecule has 104 valence electrons. The SMILES string of the molecule is Cc1[nH]nc(-c2ccc(-c3ccccc3)cc2)c1C(=O)O. The van der Waals surface area contributed by atoms with E-state index in [0.717, 1.165) is 16.7 Å². The third-order valence-electron chi connectivity index (χ3n) is 3.43. The van der Waals surface area contributed by atoms with E-state index in [1.807, 2.05) is 54.6 Å². The van der Waals surface area contributed by atoms with Gasteiger partial charge in [-0.25, -0.2) is 4.79 Å². The Kier molecular flexibility index (Phi) is 3.28. The first kappa shape index (κ1) is 13.1. The van der Waals surface area contributed by atoms with Crippen molar-refractivity contribution in [3.63, 3.8) is 0 Å². The first-order valence-electron chi connectivity index (χ1n) is 6.61. The molecule has 21 heavy (non-hydrogen) atoms. The summed E-state index contributed by atoms with van der Waals surface area (Å²) in [6.07, 6.45) is 0. The van der Waals surface area contributed by atoms with E-state index in [1.54, 1.807) is 6.92 Å². The van der Waals surface area contributed by atoms with E-state index in [2.05, 4.69) is 10.2 Å². The first-order chi connectivity index (χ1) is 10.2. The van der Waals surface area contributed by atoms with Gasteiger partial charge in [0.25, 0.3) is 0 Å². The Balaban J connectivity index is 2.01. The maximum absolute atomic E-state index is 11.3. The topological polar surface area (TPSA) is 66.0 Å². The molecule has 0 saturated carbocycles. The molecule has 2 N–H and O–H groups in total. The highest BCUT2D eigenvalue weighted by molar-refractivity contribution is 5.96. The number of aryl methyl sites for hydroxylation is 1. The zero-order valence-electron chi connectivity index (χ0n) is 11.5. The molecule has 0 radical (unpaired) electrons. The highest BCUT2D eigenvalue weighted by Gasteiger charge is 2.18. The monoisotopic (exact) mass is 278 g/mol. The molecule has 0 atom stereocenters. The maximum Gasteiger partial charge on any atom is 0.339 e. The minimum atomic E-state index is -0.969. The van der Waals surface area contributed by atoms with Crippen LogP contribution >= 0.6 is 0 Å². The first-order valence-corrected chi connectivity index (χ1v) is 6.61. The molecule has 1 aromatic heterocycles. The van der Waals surface area contributed by atoms with Crippen molar-refractivity contribution in [2.45, 2.75) is 6.92 Å². The van der Waals surface area contributed by atoms with E-state index < -0.39 is 5.97 Å². The van der Waals surface area contributed by atoms with Crippen molar-refractivity contribution in [3.8, 4) is 22.4 Å². The Morgan fingerprint density at radius 2 is 1.52 bits per heavy atom. The lowest BCUT2D eigenvalue weighted by Gasteiger charge is -2.04. The highest BCUT2D eigenvalue weighted by atomic mass is 16.4. The van der Waals surface area contributed by atoms with Crippen LogP contribution in [0.2, 0.25) is 0 Å². The van der Waals surface area contributed by atoms with Gasteiger partial charge in [-0.2, -0.15) is 5.10 Å². The zero-order valence-corrected chi connectivity index (χ0v) is 11.5. The maximum atomic E-state index is 11.3. The molecule has 0 spiro atoms. The average molecular weight is 278 g/mol. The van der Waals surface area contributed by atoms with Crippen molar-refractivity contribution in [1.29, 1.82) is 0 Å². The molecule has 0 unspecified atom stereocenters. The van der Waals surface area contributed by atoms with Gasteiger partial charge in [0.15, 0.2) is 0 Å². The van der Waals surface area contributed by atoms with Crippen LogP contribution in [0.5, 0.6) is 0 Å². The molecule has 2 aromatic carbocycles. The Morgan fingerprint density at radius 3 is 2.14 bits per heavy atom. The van der Waals surface area contributed by atoms with Crippen LogP contribution in [0.15, 0.2) is 54.6 Å². The predicted octanol–water partition coefficient (Wildman–Crippen LogP) is 3.75. The summed E-state index contributed by atoms with van der Waals surface area (Å²) in [7, 11) is 0. The number of hydrogen-bond donors (Lipinski definition) is 2. The highest BCUT2D eigenvalue weighted by Crippen LogP contribution is 2.27. The van der Waals surface area contributed by atoms with Gasteiger partial charge in [-0.05, 0) is 18.1 Å². The molecular weight excluding hydrogens is 264 g/mol. The van der Waals surface area contributed by atoms with Crippen LogP contribution in [0.4, 0.5) is 0 Å². The number of hydrogen-bond acceptors (Lipinski definition) is 2. The average Bonchev–Trinajstić information content (AvgIpc) is 2.90. The second kappa shape index (κ2) is 5.25. The summed E-state index contributed by atoms with van der Waals surface area (Å²) in [5, 5.41) is 16.1. The van der Waals surface area contributed by atoms with E-state index in [-0.39, 0.29) is 5.56 Å². The second-order valence-electron chi connectivity index (χ2n) is 4.82. The smallest absolute Gasteiger partial charge is 0.339 e. The van der Waals surface area contributed by atoms with Crippen LogP contribution in [-0.2, 0) is 0 Å². The fourth-order valence-electron chi connectivity index (χ4n) is 2.35. The van der Waals surface area contributed by atoms with Gasteiger partial charge in [0.1, 0.15) is 11.3 Å². The fourth-order valence-corrected chi connectivity index (χ4v) is 2.35. The molecule has 0 aliphatic heterocycles. The fraction of sp³-hybridized carbons (Fsp3) is 0.0588. The van der Waals surface area contributed by atoms with Crippen molar-refractivity contribution in [3.05, 3.63) is 65.9 Å². The number of carboxylic acid groups (broad SMARTS) is 1. The lowest BCUT2D eigenvalue weighted by Crippen LogP contribution is -1.99. The Hall–Kier alpha value is -2.88. The third kappa shape index (κ3) is 2.43. The largest absolute Gasteiger partial charge is 0.478 e. The third-order valence-corrected chi connectivity index (χ3v) is 3.43. The molecule has 1 heterocycles. The van der Waals surface area contributed by atoms with E-state index >= 15 is 0 Å². The zero-order chi connectivity index (χ0) is 14.8. The normalized spacial score (nSPS) is 10.5. The van der Waals surface area contributed by atoms with Gasteiger partial charge in [0.05, 0.1) is 0 Å². The van der Waals surface area contributed by atoms with Crippen molar-refractivity contribution < 1.29 is 9.90 Å². The van der Waals surface area contributed by atoms with Gasteiger partial charge >= 0.3 is 5.97 Å². The lowest BCUT2D eigenvalue weighted by atomic mass is 10.0. The number of carboxylic acids is 1. The van der Waals surface area contributed by atoms with E-state index in [0.29, 0.717) is 11.4 Å². The molecular formula is C17H14N2O2. The van der Waals surface area contributed by atoms with Crippen LogP contribution in [0, 0.1) is 6.92 Å². The van der Waals surface area contributed by atoms with E-state index in [4.69, 9.17) is 0 Å². The van der Waals surface area contributed by atoms with E-state index in [1.165, 1.54) is 0 Å². The van der Waals surface area contributed by atoms with Crippen LogP contribution in [0.3, 0.4) is 0 Å². The van der Waals surface area contributed by atoms with Crippen molar-refractivity contribution in [1.82, 2.24) is 10.2 Å². The summed E-state index contributed by atoms with van der Waals surface area (Å²) in [5.74, 6) is -0.969. The van der Waals surface area contributed by atoms with Gasteiger partial charge in [0.2, 0.25) is 0 Å². The van der Waals surface area contributed by atoms with Crippen LogP contribution in [0.25, 0.3) is 22.4 Å². The summed E-state index contributed by atoms with van der Waals surface area (Å²) in [4.78, 5) is 11.3. The molecule has 0 aliphatic carbocycles. The van der Waals surface area contributed by atoms with Crippen LogP contribution in [0.1, 0.15) is 16.1 Å². The van der Waals surface area contributed by atoms with Crippen molar-refractivity contribution >= 4 is 5.97 Å². The van der Waals surface area contributed by atoms with Crippen LogP contribution < -0.4 is 0 Å². The molecule has 4 nitrogen and oxygen atoms in total. The number of nitrogens with zero attached hydrogens (tertiary/aromatic N) is 1. The second-order valence-corrected chi connectivity index (χ2v) is 4.82. The number of nitrogens with one attached hydrogen (secondary N) is 1. The molecule has 0 bridgehead atoms. The van der Waals surface area contributed by atoms with Gasteiger partial charge in [-0.1, -0.05) is 54.6 Å². The molecule has 3 aromatic rings. The summed E-state index contributed by atoms with van der Waals surface area (Å²) in [6, 6.07) is 17.8. The summed E-state index contributed by atoms with van der Waals surface area (Å²) in [5.41, 5.74) is 4.26. The Morgan fingerprint density at radius 1 is 0.952 bits per heavy atom. The number of aromatic nitrogens is 2. The van der Waals surface area contributed by atoms with Crippen molar-refractivity contribution in [2.75, 3.05) is 0 Å². The lowest BCUT2D eigenvalue weighted by molar-refractivity contribution is 0.0697. The van der Waals surface area contributed by atoms with Gasteiger partial charge in [-0.15, -0.1) is 0 Å². The number of H-pyrrole nitrogens is 1. The minimum Gasteiger partial charge on any atom is -0.478 e. The molecule has 0 fully saturated rings. The quantitative estimate of drug-likeness (QED) is 0.766. The number of benzene rings is 2. The number of aromatic amines is 1. The molecule has 3 rings (SSSR count). The van der Waals surface area contributed by atoms with Gasteiger partial charge in [0, 0.05) is 11.3 Å². The predicted molar refractivity (Wildman–Crippen MR) is 81.2 cm³/mol. The number of aromatic carboxylic acids is 1.